The number of nitrogens with two attached hydrogens (primary N) is 1. The molecule has 1 unspecified atom stereocenters. The van der Waals surface area contributed by atoms with Gasteiger partial charge >= 0.3 is 0 Å². The summed E-state index contributed by atoms with van der Waals surface area (Å²) in [4.78, 5) is 11.9. The molecule has 4 atom stereocenters. The van der Waals surface area contributed by atoms with E-state index in [4.69, 9.17) is 22.1 Å². The average molecular weight is 316 g/mol. The van der Waals surface area contributed by atoms with Gasteiger partial charge in [-0.25, -0.2) is 4.98 Å². The number of fused-ring (bicyclic) bond motifs is 1. The largest absolute Gasteiger partial charge is 0.396 e. The summed E-state index contributed by atoms with van der Waals surface area (Å²) in [5, 5.41) is 28.8. The molecule has 1 saturated heterocycles. The van der Waals surface area contributed by atoms with E-state index >= 15 is 0 Å². The molecule has 114 valence electrons. The molecule has 21 heavy (non-hydrogen) atoms. The second-order valence-electron chi connectivity index (χ2n) is 4.79. The standard InChI is InChI=1S/C11H14ClN5O4/c12-11-15-8(13)6-9(16-11)17(3-14-6)10-7(20)4(1-18)5(2-19)21-10/h3-5,7,10,18-20H,1-2H2,(H2,13,15,16)/t4?,5-,7+,10-/m1/s1. The number of ether oxygens (including phenoxy) is 1. The minimum absolute atomic E-state index is 0.0494. The lowest BCUT2D eigenvalue weighted by atomic mass is 9.99. The third kappa shape index (κ3) is 2.23. The van der Waals surface area contributed by atoms with Gasteiger partial charge in [0.2, 0.25) is 5.28 Å². The van der Waals surface area contributed by atoms with Gasteiger partial charge in [0, 0.05) is 5.92 Å². The van der Waals surface area contributed by atoms with Gasteiger partial charge in [-0.15, -0.1) is 0 Å². The van der Waals surface area contributed by atoms with Crippen molar-refractivity contribution in [3.05, 3.63) is 11.6 Å². The van der Waals surface area contributed by atoms with Crippen molar-refractivity contribution in [3.8, 4) is 0 Å². The first-order chi connectivity index (χ1) is 10.1. The molecule has 9 nitrogen and oxygen atoms in total. The molecule has 0 bridgehead atoms. The van der Waals surface area contributed by atoms with Crippen LogP contribution in [0.25, 0.3) is 11.2 Å². The quantitative estimate of drug-likeness (QED) is 0.524. The number of aromatic nitrogens is 4. The van der Waals surface area contributed by atoms with Crippen molar-refractivity contribution >= 4 is 28.6 Å². The fraction of sp³-hybridized carbons (Fsp3) is 0.545. The van der Waals surface area contributed by atoms with Gasteiger partial charge in [0.1, 0.15) is 11.6 Å². The SMILES string of the molecule is Nc1nc(Cl)nc2c1ncn2[C@@H]1O[C@H](CO)C(CO)[C@@H]1O. The fourth-order valence-corrected chi connectivity index (χ4v) is 2.69. The van der Waals surface area contributed by atoms with Crippen molar-refractivity contribution in [2.75, 3.05) is 18.9 Å². The van der Waals surface area contributed by atoms with Crippen LogP contribution in [0.5, 0.6) is 0 Å². The molecule has 0 spiro atoms. The second kappa shape index (κ2) is 5.35. The van der Waals surface area contributed by atoms with E-state index in [1.54, 1.807) is 0 Å². The Labute approximate surface area is 124 Å². The van der Waals surface area contributed by atoms with Crippen LogP contribution in [0.3, 0.4) is 0 Å². The zero-order chi connectivity index (χ0) is 15.1. The summed E-state index contributed by atoms with van der Waals surface area (Å²) in [6.07, 6.45) is -1.16. The van der Waals surface area contributed by atoms with Crippen molar-refractivity contribution in [1.82, 2.24) is 19.5 Å². The number of halogens is 1. The van der Waals surface area contributed by atoms with Crippen molar-refractivity contribution in [2.45, 2.75) is 18.4 Å². The average Bonchev–Trinajstić information content (AvgIpc) is 2.99. The molecule has 1 aliphatic heterocycles. The van der Waals surface area contributed by atoms with Crippen molar-refractivity contribution in [1.29, 1.82) is 0 Å². The van der Waals surface area contributed by atoms with Crippen LogP contribution in [-0.4, -0.2) is 60.3 Å². The van der Waals surface area contributed by atoms with Gasteiger partial charge in [-0.05, 0) is 11.6 Å². The molecule has 0 radical (unpaired) electrons. The Kier molecular flexibility index (Phi) is 3.68. The Bertz CT molecular complexity index is 665. The molecule has 0 aromatic carbocycles. The summed E-state index contributed by atoms with van der Waals surface area (Å²) in [5.74, 6) is -0.485. The highest BCUT2D eigenvalue weighted by atomic mass is 35.5. The first-order valence-electron chi connectivity index (χ1n) is 6.27. The van der Waals surface area contributed by atoms with Gasteiger partial charge in [-0.3, -0.25) is 4.57 Å². The van der Waals surface area contributed by atoms with E-state index in [0.717, 1.165) is 0 Å². The van der Waals surface area contributed by atoms with Crippen LogP contribution in [0.4, 0.5) is 5.82 Å². The van der Waals surface area contributed by atoms with Crippen LogP contribution in [-0.2, 0) is 4.74 Å². The maximum absolute atomic E-state index is 10.3. The Hall–Kier alpha value is -1.52. The topological polar surface area (TPSA) is 140 Å². The number of aliphatic hydroxyl groups excluding tert-OH is 3. The lowest BCUT2D eigenvalue weighted by Crippen LogP contribution is -2.30. The number of aliphatic hydroxyl groups is 3. The number of anilines is 1. The maximum Gasteiger partial charge on any atom is 0.226 e. The lowest BCUT2D eigenvalue weighted by molar-refractivity contribution is -0.0496. The smallest absolute Gasteiger partial charge is 0.226 e. The summed E-state index contributed by atoms with van der Waals surface area (Å²) in [6, 6.07) is 0. The maximum atomic E-state index is 10.3. The Morgan fingerprint density at radius 2 is 2.10 bits per heavy atom. The number of nitrogens with zero attached hydrogens (tertiary/aromatic N) is 4. The van der Waals surface area contributed by atoms with E-state index in [1.807, 2.05) is 0 Å². The molecule has 3 rings (SSSR count). The van der Waals surface area contributed by atoms with Gasteiger partial charge in [-0.2, -0.15) is 9.97 Å². The van der Waals surface area contributed by atoms with E-state index in [0.29, 0.717) is 11.2 Å². The van der Waals surface area contributed by atoms with Crippen LogP contribution in [0.15, 0.2) is 6.33 Å². The van der Waals surface area contributed by atoms with Crippen LogP contribution in [0.2, 0.25) is 5.28 Å². The molecule has 0 amide bonds. The van der Waals surface area contributed by atoms with Crippen LogP contribution in [0.1, 0.15) is 6.23 Å². The van der Waals surface area contributed by atoms with Crippen molar-refractivity contribution in [2.24, 2.45) is 5.92 Å². The minimum atomic E-state index is -1.03. The summed E-state index contributed by atoms with van der Waals surface area (Å²) < 4.78 is 7.04. The second-order valence-corrected chi connectivity index (χ2v) is 5.12. The Morgan fingerprint density at radius 1 is 1.33 bits per heavy atom. The molecule has 10 heteroatoms. The first kappa shape index (κ1) is 14.4. The van der Waals surface area contributed by atoms with Gasteiger partial charge in [0.15, 0.2) is 17.7 Å². The normalized spacial score (nSPS) is 29.3. The zero-order valence-corrected chi connectivity index (χ0v) is 11.6. The predicted octanol–water partition coefficient (Wildman–Crippen LogP) is -1.08. The molecule has 2 aromatic heterocycles. The number of nitrogen functional groups attached to an aromatic ring is 1. The number of hydrogen-bond acceptors (Lipinski definition) is 8. The molecule has 3 heterocycles. The molecular weight excluding hydrogens is 302 g/mol. The summed E-state index contributed by atoms with van der Waals surface area (Å²) in [7, 11) is 0. The Balaban J connectivity index is 2.05. The highest BCUT2D eigenvalue weighted by Crippen LogP contribution is 2.35. The molecule has 1 fully saturated rings. The van der Waals surface area contributed by atoms with Crippen LogP contribution >= 0.6 is 11.6 Å². The molecule has 2 aromatic rings. The number of hydrogen-bond donors (Lipinski definition) is 4. The highest BCUT2D eigenvalue weighted by Gasteiger charge is 2.44. The van der Waals surface area contributed by atoms with E-state index in [1.165, 1.54) is 10.9 Å². The predicted molar refractivity (Wildman–Crippen MR) is 72.3 cm³/mol. The van der Waals surface area contributed by atoms with Gasteiger partial charge in [0.05, 0.1) is 25.6 Å². The minimum Gasteiger partial charge on any atom is -0.396 e. The zero-order valence-electron chi connectivity index (χ0n) is 10.8. The lowest BCUT2D eigenvalue weighted by Gasteiger charge is -2.17. The number of imidazole rings is 1. The highest BCUT2D eigenvalue weighted by molar-refractivity contribution is 6.28. The number of rotatable bonds is 3. The van der Waals surface area contributed by atoms with Crippen molar-refractivity contribution < 1.29 is 20.1 Å². The molecule has 1 aliphatic rings. The third-order valence-corrected chi connectivity index (χ3v) is 3.78. The van der Waals surface area contributed by atoms with E-state index < -0.39 is 24.4 Å². The van der Waals surface area contributed by atoms with E-state index in [9.17, 15) is 15.3 Å². The summed E-state index contributed by atoms with van der Waals surface area (Å²) >= 11 is 5.78. The molecule has 0 aliphatic carbocycles. The monoisotopic (exact) mass is 315 g/mol. The molecule has 5 N–H and O–H groups in total. The van der Waals surface area contributed by atoms with Gasteiger partial charge < -0.3 is 25.8 Å². The van der Waals surface area contributed by atoms with E-state index in [2.05, 4.69) is 15.0 Å². The Morgan fingerprint density at radius 3 is 2.71 bits per heavy atom. The summed E-state index contributed by atoms with van der Waals surface area (Å²) in [5.41, 5.74) is 6.36. The molecular formula is C11H14ClN5O4. The third-order valence-electron chi connectivity index (χ3n) is 3.61. The summed E-state index contributed by atoms with van der Waals surface area (Å²) in [6.45, 7) is -0.628. The molecule has 0 saturated carbocycles. The first-order valence-corrected chi connectivity index (χ1v) is 6.65. The van der Waals surface area contributed by atoms with E-state index in [-0.39, 0.29) is 24.3 Å². The van der Waals surface area contributed by atoms with Gasteiger partial charge in [0.25, 0.3) is 0 Å². The van der Waals surface area contributed by atoms with Crippen LogP contribution in [0, 0.1) is 5.92 Å². The fourth-order valence-electron chi connectivity index (χ4n) is 2.52. The van der Waals surface area contributed by atoms with Crippen LogP contribution < -0.4 is 5.73 Å². The van der Waals surface area contributed by atoms with Gasteiger partial charge in [-0.1, -0.05) is 0 Å². The van der Waals surface area contributed by atoms with Crippen molar-refractivity contribution in [3.63, 3.8) is 0 Å².